The molecule has 0 aliphatic heterocycles. The maximum absolute atomic E-state index is 8.83. The number of hydrogen-bond acceptors (Lipinski definition) is 1. The normalized spacial score (nSPS) is 15.8. The zero-order chi connectivity index (χ0) is 7.28. The fourth-order valence-corrected chi connectivity index (χ4v) is 0.600. The van der Waals surface area contributed by atoms with Crippen LogP contribution in [0.2, 0.25) is 0 Å². The first-order valence-corrected chi connectivity index (χ1v) is 3.54. The lowest BCUT2D eigenvalue weighted by molar-refractivity contribution is 0.185. The van der Waals surface area contributed by atoms with E-state index in [0.717, 1.165) is 18.4 Å². The fraction of sp³-hybridized carbons (Fsp3) is 0.714. The van der Waals surface area contributed by atoms with Crippen molar-refractivity contribution in [2.75, 3.05) is 0 Å². The Morgan fingerprint density at radius 1 is 1.78 bits per heavy atom. The topological polar surface area (TPSA) is 20.2 Å². The summed E-state index contributed by atoms with van der Waals surface area (Å²) in [5.74, 6) is 0. The molecule has 0 bridgehead atoms. The van der Waals surface area contributed by atoms with Crippen molar-refractivity contribution in [3.8, 4) is 0 Å². The van der Waals surface area contributed by atoms with E-state index in [1.54, 1.807) is 12.5 Å². The SMILES string of the molecule is CC(=CCl)CCC(C)O. The van der Waals surface area contributed by atoms with Crippen molar-refractivity contribution in [3.63, 3.8) is 0 Å². The zero-order valence-electron chi connectivity index (χ0n) is 5.89. The lowest BCUT2D eigenvalue weighted by Crippen LogP contribution is -1.98. The van der Waals surface area contributed by atoms with Gasteiger partial charge in [-0.15, -0.1) is 0 Å². The third-order valence-electron chi connectivity index (χ3n) is 1.14. The molecule has 0 spiro atoms. The molecule has 0 aromatic carbocycles. The van der Waals surface area contributed by atoms with Crippen LogP contribution in [0.25, 0.3) is 0 Å². The van der Waals surface area contributed by atoms with Gasteiger partial charge in [0, 0.05) is 5.54 Å². The molecule has 0 aliphatic rings. The molecule has 0 amide bonds. The van der Waals surface area contributed by atoms with E-state index < -0.39 is 0 Å². The molecule has 0 fully saturated rings. The smallest absolute Gasteiger partial charge is 0.0515 e. The number of aliphatic hydroxyl groups is 1. The van der Waals surface area contributed by atoms with Crippen LogP contribution in [0.15, 0.2) is 11.1 Å². The Morgan fingerprint density at radius 3 is 2.67 bits per heavy atom. The van der Waals surface area contributed by atoms with Gasteiger partial charge in [-0.2, -0.15) is 0 Å². The second kappa shape index (κ2) is 4.83. The van der Waals surface area contributed by atoms with Gasteiger partial charge in [-0.05, 0) is 26.7 Å². The van der Waals surface area contributed by atoms with Crippen LogP contribution in [0.3, 0.4) is 0 Å². The Balaban J connectivity index is 3.28. The quantitative estimate of drug-likeness (QED) is 0.651. The standard InChI is InChI=1S/C7H13ClO/c1-6(5-8)3-4-7(2)9/h5,7,9H,3-4H2,1-2H3. The summed E-state index contributed by atoms with van der Waals surface area (Å²) >= 11 is 5.39. The number of rotatable bonds is 3. The van der Waals surface area contributed by atoms with Crippen molar-refractivity contribution >= 4 is 11.6 Å². The van der Waals surface area contributed by atoms with Crippen LogP contribution in [0.1, 0.15) is 26.7 Å². The Labute approximate surface area is 61.3 Å². The molecule has 0 heterocycles. The van der Waals surface area contributed by atoms with Crippen molar-refractivity contribution < 1.29 is 5.11 Å². The van der Waals surface area contributed by atoms with Gasteiger partial charge >= 0.3 is 0 Å². The summed E-state index contributed by atoms with van der Waals surface area (Å²) in [6.07, 6.45) is 1.48. The van der Waals surface area contributed by atoms with Crippen molar-refractivity contribution in [2.45, 2.75) is 32.8 Å². The van der Waals surface area contributed by atoms with Gasteiger partial charge in [0.25, 0.3) is 0 Å². The van der Waals surface area contributed by atoms with E-state index in [4.69, 9.17) is 16.7 Å². The summed E-state index contributed by atoms with van der Waals surface area (Å²) in [4.78, 5) is 0. The van der Waals surface area contributed by atoms with Crippen molar-refractivity contribution in [1.82, 2.24) is 0 Å². The molecule has 0 rings (SSSR count). The molecule has 0 radical (unpaired) electrons. The molecule has 1 atom stereocenters. The largest absolute Gasteiger partial charge is 0.393 e. The van der Waals surface area contributed by atoms with Crippen molar-refractivity contribution in [2.24, 2.45) is 0 Å². The van der Waals surface area contributed by atoms with Gasteiger partial charge < -0.3 is 5.11 Å². The fourth-order valence-electron chi connectivity index (χ4n) is 0.491. The van der Waals surface area contributed by atoms with Gasteiger partial charge in [0.1, 0.15) is 0 Å². The van der Waals surface area contributed by atoms with Gasteiger partial charge in [-0.1, -0.05) is 17.2 Å². The third kappa shape index (κ3) is 5.87. The molecule has 0 saturated heterocycles. The molecule has 0 saturated carbocycles. The molecule has 1 unspecified atom stereocenters. The Bertz CT molecular complexity index is 97.1. The lowest BCUT2D eigenvalue weighted by atomic mass is 10.1. The minimum absolute atomic E-state index is 0.212. The first-order chi connectivity index (χ1) is 4.16. The summed E-state index contributed by atoms with van der Waals surface area (Å²) in [7, 11) is 0. The first-order valence-electron chi connectivity index (χ1n) is 3.10. The summed E-state index contributed by atoms with van der Waals surface area (Å²) in [5.41, 5.74) is 2.68. The number of aliphatic hydroxyl groups excluding tert-OH is 1. The van der Waals surface area contributed by atoms with Crippen LogP contribution in [0.5, 0.6) is 0 Å². The van der Waals surface area contributed by atoms with Gasteiger partial charge in [-0.25, -0.2) is 0 Å². The monoisotopic (exact) mass is 148 g/mol. The molecule has 0 aromatic rings. The molecule has 9 heavy (non-hydrogen) atoms. The molecule has 1 N–H and O–H groups in total. The van der Waals surface area contributed by atoms with Gasteiger partial charge in [0.2, 0.25) is 0 Å². The summed E-state index contributed by atoms with van der Waals surface area (Å²) in [5, 5.41) is 8.83. The highest BCUT2D eigenvalue weighted by Gasteiger charge is 1.94. The predicted molar refractivity (Wildman–Crippen MR) is 40.5 cm³/mol. The van der Waals surface area contributed by atoms with Crippen LogP contribution in [-0.4, -0.2) is 11.2 Å². The van der Waals surface area contributed by atoms with E-state index >= 15 is 0 Å². The van der Waals surface area contributed by atoms with Crippen molar-refractivity contribution in [1.29, 1.82) is 0 Å². The Hall–Kier alpha value is -0.0100. The highest BCUT2D eigenvalue weighted by Crippen LogP contribution is 2.06. The van der Waals surface area contributed by atoms with E-state index in [9.17, 15) is 0 Å². The Morgan fingerprint density at radius 2 is 2.33 bits per heavy atom. The molecule has 2 heteroatoms. The van der Waals surface area contributed by atoms with Crippen LogP contribution >= 0.6 is 11.6 Å². The predicted octanol–water partition coefficient (Wildman–Crippen LogP) is 2.29. The third-order valence-corrected chi connectivity index (χ3v) is 1.52. The van der Waals surface area contributed by atoms with E-state index in [-0.39, 0.29) is 6.10 Å². The number of hydrogen-bond donors (Lipinski definition) is 1. The first kappa shape index (κ1) is 8.99. The maximum atomic E-state index is 8.83. The number of allylic oxidation sites excluding steroid dienone is 1. The molecule has 1 nitrogen and oxygen atoms in total. The van der Waals surface area contributed by atoms with E-state index in [1.165, 1.54) is 0 Å². The molecular weight excluding hydrogens is 136 g/mol. The van der Waals surface area contributed by atoms with Gasteiger partial charge in [0.15, 0.2) is 0 Å². The minimum Gasteiger partial charge on any atom is -0.393 e. The van der Waals surface area contributed by atoms with Gasteiger partial charge in [-0.3, -0.25) is 0 Å². The highest BCUT2D eigenvalue weighted by atomic mass is 35.5. The summed E-state index contributed by atoms with van der Waals surface area (Å²) in [6.45, 7) is 3.73. The van der Waals surface area contributed by atoms with Crippen LogP contribution in [0, 0.1) is 0 Å². The Kier molecular flexibility index (Phi) is 4.83. The van der Waals surface area contributed by atoms with E-state index in [1.807, 2.05) is 6.92 Å². The van der Waals surface area contributed by atoms with Crippen molar-refractivity contribution in [3.05, 3.63) is 11.1 Å². The highest BCUT2D eigenvalue weighted by molar-refractivity contribution is 6.25. The second-order valence-electron chi connectivity index (χ2n) is 2.34. The molecule has 0 aliphatic carbocycles. The average Bonchev–Trinajstić information content (AvgIpc) is 1.83. The maximum Gasteiger partial charge on any atom is 0.0515 e. The molecule has 0 aromatic heterocycles. The van der Waals surface area contributed by atoms with Crippen LogP contribution in [0.4, 0.5) is 0 Å². The minimum atomic E-state index is -0.212. The molecule has 54 valence electrons. The summed E-state index contributed by atoms with van der Waals surface area (Å²) in [6, 6.07) is 0. The second-order valence-corrected chi connectivity index (χ2v) is 2.56. The van der Waals surface area contributed by atoms with E-state index in [2.05, 4.69) is 0 Å². The van der Waals surface area contributed by atoms with E-state index in [0.29, 0.717) is 0 Å². The van der Waals surface area contributed by atoms with Crippen LogP contribution in [-0.2, 0) is 0 Å². The summed E-state index contributed by atoms with van der Waals surface area (Å²) < 4.78 is 0. The van der Waals surface area contributed by atoms with Crippen LogP contribution < -0.4 is 0 Å². The zero-order valence-corrected chi connectivity index (χ0v) is 6.65. The lowest BCUT2D eigenvalue weighted by Gasteiger charge is -2.01. The molecular formula is C7H13ClO. The van der Waals surface area contributed by atoms with Gasteiger partial charge in [0.05, 0.1) is 6.10 Å². The average molecular weight is 149 g/mol. The number of halogens is 1.